The highest BCUT2D eigenvalue weighted by Gasteiger charge is 2.18. The van der Waals surface area contributed by atoms with Crippen LogP contribution >= 0.6 is 39.9 Å². The van der Waals surface area contributed by atoms with Gasteiger partial charge in [-0.15, -0.1) is 12.4 Å². The SMILES string of the molecule is Cl.Clc1ccc([C@@H]2CCCN2)c(Br)c1. The van der Waals surface area contributed by atoms with Gasteiger partial charge >= 0.3 is 0 Å². The van der Waals surface area contributed by atoms with Crippen molar-refractivity contribution in [2.45, 2.75) is 18.9 Å². The van der Waals surface area contributed by atoms with E-state index in [1.54, 1.807) is 0 Å². The van der Waals surface area contributed by atoms with E-state index in [1.165, 1.54) is 18.4 Å². The molecule has 14 heavy (non-hydrogen) atoms. The lowest BCUT2D eigenvalue weighted by molar-refractivity contribution is 0.645. The fourth-order valence-electron chi connectivity index (χ4n) is 1.73. The Morgan fingerprint density at radius 1 is 1.43 bits per heavy atom. The van der Waals surface area contributed by atoms with E-state index in [0.29, 0.717) is 6.04 Å². The lowest BCUT2D eigenvalue weighted by atomic mass is 10.1. The van der Waals surface area contributed by atoms with Gasteiger partial charge in [0.25, 0.3) is 0 Å². The van der Waals surface area contributed by atoms with Crippen molar-refractivity contribution >= 4 is 39.9 Å². The molecule has 0 bridgehead atoms. The van der Waals surface area contributed by atoms with Crippen LogP contribution in [0.1, 0.15) is 24.4 Å². The van der Waals surface area contributed by atoms with Crippen LogP contribution in [-0.4, -0.2) is 6.54 Å². The summed E-state index contributed by atoms with van der Waals surface area (Å²) < 4.78 is 1.11. The monoisotopic (exact) mass is 295 g/mol. The van der Waals surface area contributed by atoms with Crippen molar-refractivity contribution in [3.05, 3.63) is 33.3 Å². The molecule has 78 valence electrons. The minimum atomic E-state index is 0. The van der Waals surface area contributed by atoms with E-state index >= 15 is 0 Å². The molecule has 1 aliphatic rings. The second-order valence-electron chi connectivity index (χ2n) is 3.31. The van der Waals surface area contributed by atoms with Crippen molar-refractivity contribution in [3.63, 3.8) is 0 Å². The molecular formula is C10H12BrCl2N. The van der Waals surface area contributed by atoms with Gasteiger partial charge in [0.2, 0.25) is 0 Å². The Labute approximate surface area is 104 Å². The van der Waals surface area contributed by atoms with Crippen molar-refractivity contribution in [2.24, 2.45) is 0 Å². The quantitative estimate of drug-likeness (QED) is 0.827. The first-order chi connectivity index (χ1) is 6.27. The minimum Gasteiger partial charge on any atom is -0.310 e. The van der Waals surface area contributed by atoms with Gasteiger partial charge in [-0.25, -0.2) is 0 Å². The van der Waals surface area contributed by atoms with Crippen molar-refractivity contribution < 1.29 is 0 Å². The third kappa shape index (κ3) is 2.63. The summed E-state index contributed by atoms with van der Waals surface area (Å²) in [5.74, 6) is 0. The topological polar surface area (TPSA) is 12.0 Å². The predicted molar refractivity (Wildman–Crippen MR) is 66.4 cm³/mol. The fourth-order valence-corrected chi connectivity index (χ4v) is 2.69. The summed E-state index contributed by atoms with van der Waals surface area (Å²) in [6.07, 6.45) is 2.49. The molecule has 0 unspecified atom stereocenters. The zero-order chi connectivity index (χ0) is 9.26. The number of hydrogen-bond acceptors (Lipinski definition) is 1. The Hall–Kier alpha value is 0.240. The second-order valence-corrected chi connectivity index (χ2v) is 4.61. The second kappa shape index (κ2) is 5.36. The van der Waals surface area contributed by atoms with Crippen LogP contribution in [0.25, 0.3) is 0 Å². The summed E-state index contributed by atoms with van der Waals surface area (Å²) >= 11 is 9.41. The van der Waals surface area contributed by atoms with Crippen LogP contribution in [0.2, 0.25) is 5.02 Å². The minimum absolute atomic E-state index is 0. The molecule has 1 saturated heterocycles. The van der Waals surface area contributed by atoms with Crippen LogP contribution < -0.4 is 5.32 Å². The van der Waals surface area contributed by atoms with Gasteiger partial charge in [0, 0.05) is 15.5 Å². The highest BCUT2D eigenvalue weighted by Crippen LogP contribution is 2.31. The molecule has 4 heteroatoms. The van der Waals surface area contributed by atoms with E-state index < -0.39 is 0 Å². The summed E-state index contributed by atoms with van der Waals surface area (Å²) in [5, 5.41) is 4.25. The lowest BCUT2D eigenvalue weighted by Crippen LogP contribution is -2.13. The summed E-state index contributed by atoms with van der Waals surface area (Å²) in [6, 6.07) is 6.50. The molecule has 0 aromatic heterocycles. The Kier molecular flexibility index (Phi) is 4.71. The van der Waals surface area contributed by atoms with Crippen LogP contribution in [0.3, 0.4) is 0 Å². The van der Waals surface area contributed by atoms with Crippen LogP contribution in [0, 0.1) is 0 Å². The number of hydrogen-bond donors (Lipinski definition) is 1. The van der Waals surface area contributed by atoms with E-state index in [0.717, 1.165) is 16.0 Å². The molecule has 1 N–H and O–H groups in total. The zero-order valence-electron chi connectivity index (χ0n) is 7.59. The molecule has 0 aliphatic carbocycles. The predicted octanol–water partition coefficient (Wildman–Crippen LogP) is 3.95. The first-order valence-corrected chi connectivity index (χ1v) is 5.63. The largest absolute Gasteiger partial charge is 0.310 e. The number of nitrogens with one attached hydrogen (secondary N) is 1. The molecule has 1 nitrogen and oxygen atoms in total. The van der Waals surface area contributed by atoms with E-state index in [9.17, 15) is 0 Å². The average Bonchev–Trinajstić information content (AvgIpc) is 2.56. The third-order valence-electron chi connectivity index (χ3n) is 2.40. The number of rotatable bonds is 1. The van der Waals surface area contributed by atoms with Gasteiger partial charge in [-0.3, -0.25) is 0 Å². The van der Waals surface area contributed by atoms with Gasteiger partial charge in [-0.2, -0.15) is 0 Å². The molecule has 0 radical (unpaired) electrons. The van der Waals surface area contributed by atoms with Gasteiger partial charge in [0.05, 0.1) is 0 Å². The van der Waals surface area contributed by atoms with Gasteiger partial charge in [-0.1, -0.05) is 33.6 Å². The van der Waals surface area contributed by atoms with E-state index in [4.69, 9.17) is 11.6 Å². The maximum absolute atomic E-state index is 5.87. The van der Waals surface area contributed by atoms with Gasteiger partial charge < -0.3 is 5.32 Å². The molecule has 1 aliphatic heterocycles. The average molecular weight is 297 g/mol. The Balaban J connectivity index is 0.000000980. The molecule has 1 atom stereocenters. The van der Waals surface area contributed by atoms with Crippen LogP contribution in [0.4, 0.5) is 0 Å². The van der Waals surface area contributed by atoms with Crippen LogP contribution in [0.15, 0.2) is 22.7 Å². The van der Waals surface area contributed by atoms with Crippen molar-refractivity contribution in [1.82, 2.24) is 5.32 Å². The number of halogens is 3. The van der Waals surface area contributed by atoms with Crippen LogP contribution in [-0.2, 0) is 0 Å². The maximum atomic E-state index is 5.87. The maximum Gasteiger partial charge on any atom is 0.0417 e. The molecule has 1 aromatic carbocycles. The molecule has 0 amide bonds. The van der Waals surface area contributed by atoms with Gasteiger partial charge in [-0.05, 0) is 37.1 Å². The molecule has 1 aromatic rings. The summed E-state index contributed by atoms with van der Waals surface area (Å²) in [4.78, 5) is 0. The zero-order valence-corrected chi connectivity index (χ0v) is 10.8. The Bertz CT molecular complexity index is 311. The van der Waals surface area contributed by atoms with Crippen molar-refractivity contribution in [2.75, 3.05) is 6.54 Å². The first-order valence-electron chi connectivity index (χ1n) is 4.46. The van der Waals surface area contributed by atoms with Gasteiger partial charge in [0.1, 0.15) is 0 Å². The van der Waals surface area contributed by atoms with E-state index in [2.05, 4.69) is 27.3 Å². The van der Waals surface area contributed by atoms with E-state index in [1.807, 2.05) is 12.1 Å². The van der Waals surface area contributed by atoms with Crippen molar-refractivity contribution in [1.29, 1.82) is 0 Å². The van der Waals surface area contributed by atoms with Crippen LogP contribution in [0.5, 0.6) is 0 Å². The normalized spacial score (nSPS) is 20.6. The molecule has 1 heterocycles. The smallest absolute Gasteiger partial charge is 0.0417 e. The molecule has 0 saturated carbocycles. The summed E-state index contributed by atoms with van der Waals surface area (Å²) in [5.41, 5.74) is 1.32. The first kappa shape index (κ1) is 12.3. The highest BCUT2D eigenvalue weighted by atomic mass is 79.9. The Morgan fingerprint density at radius 2 is 2.21 bits per heavy atom. The molecule has 1 fully saturated rings. The molecule has 2 rings (SSSR count). The summed E-state index contributed by atoms with van der Waals surface area (Å²) in [6.45, 7) is 1.12. The number of benzene rings is 1. The highest BCUT2D eigenvalue weighted by molar-refractivity contribution is 9.10. The van der Waals surface area contributed by atoms with E-state index in [-0.39, 0.29) is 12.4 Å². The Morgan fingerprint density at radius 3 is 2.79 bits per heavy atom. The lowest BCUT2D eigenvalue weighted by Gasteiger charge is -2.12. The third-order valence-corrected chi connectivity index (χ3v) is 3.32. The summed E-state index contributed by atoms with van der Waals surface area (Å²) in [7, 11) is 0. The molecular weight excluding hydrogens is 285 g/mol. The van der Waals surface area contributed by atoms with Crippen molar-refractivity contribution in [3.8, 4) is 0 Å². The van der Waals surface area contributed by atoms with Gasteiger partial charge in [0.15, 0.2) is 0 Å². The standard InChI is InChI=1S/C10H11BrClN.ClH/c11-9-6-7(12)3-4-8(9)10-2-1-5-13-10;/h3-4,6,10,13H,1-2,5H2;1H/t10-;/m0./s1. The molecule has 0 spiro atoms. The fraction of sp³-hybridized carbons (Fsp3) is 0.400.